The molecule has 0 spiro atoms. The Morgan fingerprint density at radius 3 is 2.66 bits per heavy atom. The second-order valence-electron chi connectivity index (χ2n) is 6.52. The van der Waals surface area contributed by atoms with Crippen LogP contribution in [-0.4, -0.2) is 37.0 Å². The van der Waals surface area contributed by atoms with Crippen LogP contribution in [0, 0.1) is 0 Å². The zero-order valence-corrected chi connectivity index (χ0v) is 15.5. The van der Waals surface area contributed by atoms with Gasteiger partial charge in [0.15, 0.2) is 0 Å². The third-order valence-corrected chi connectivity index (χ3v) is 4.58. The number of carbonyl (C=O) groups excluding carboxylic acids is 2. The van der Waals surface area contributed by atoms with Crippen molar-refractivity contribution in [2.75, 3.05) is 0 Å². The van der Waals surface area contributed by atoms with E-state index in [0.717, 1.165) is 17.6 Å². The summed E-state index contributed by atoms with van der Waals surface area (Å²) >= 11 is 0. The molecule has 0 radical (unpaired) electrons. The van der Waals surface area contributed by atoms with Gasteiger partial charge in [0.05, 0.1) is 5.69 Å². The maximum absolute atomic E-state index is 12.2. The highest BCUT2D eigenvalue weighted by molar-refractivity contribution is 5.95. The molecule has 0 aliphatic carbocycles. The van der Waals surface area contributed by atoms with E-state index in [4.69, 9.17) is 0 Å². The number of H-pyrrole nitrogens is 1. The van der Waals surface area contributed by atoms with Gasteiger partial charge in [0.1, 0.15) is 6.33 Å². The van der Waals surface area contributed by atoms with E-state index in [2.05, 4.69) is 37.4 Å². The highest BCUT2D eigenvalue weighted by Gasteiger charge is 2.09. The van der Waals surface area contributed by atoms with Crippen LogP contribution in [0.5, 0.6) is 0 Å². The minimum atomic E-state index is -0.391. The number of benzene rings is 2. The Morgan fingerprint density at radius 1 is 1.03 bits per heavy atom. The van der Waals surface area contributed by atoms with Gasteiger partial charge in [0.2, 0.25) is 5.91 Å². The zero-order chi connectivity index (χ0) is 20.1. The number of tetrazole rings is 1. The molecule has 0 aliphatic rings. The molecule has 2 heterocycles. The fourth-order valence-electron chi connectivity index (χ4n) is 3.08. The van der Waals surface area contributed by atoms with Crippen LogP contribution in [-0.2, 0) is 11.2 Å². The lowest BCUT2D eigenvalue weighted by Crippen LogP contribution is -2.41. The number of aryl methyl sites for hydroxylation is 1. The Morgan fingerprint density at radius 2 is 1.86 bits per heavy atom. The van der Waals surface area contributed by atoms with Gasteiger partial charge in [-0.05, 0) is 59.2 Å². The molecule has 0 bridgehead atoms. The lowest BCUT2D eigenvalue weighted by Gasteiger charge is -2.08. The number of carbonyl (C=O) groups is 2. The number of hydrogen-bond donors (Lipinski definition) is 3. The van der Waals surface area contributed by atoms with Gasteiger partial charge >= 0.3 is 0 Å². The van der Waals surface area contributed by atoms with Gasteiger partial charge in [-0.3, -0.25) is 20.4 Å². The molecule has 4 aromatic rings. The summed E-state index contributed by atoms with van der Waals surface area (Å²) in [4.78, 5) is 27.4. The minimum absolute atomic E-state index is 0.233. The van der Waals surface area contributed by atoms with Crippen molar-refractivity contribution in [1.82, 2.24) is 36.0 Å². The molecule has 2 aromatic heterocycles. The predicted octanol–water partition coefficient (Wildman–Crippen LogP) is 1.93. The molecule has 0 aliphatic heterocycles. The smallest absolute Gasteiger partial charge is 0.269 e. The average molecular weight is 389 g/mol. The molecule has 0 fully saturated rings. The van der Waals surface area contributed by atoms with Crippen LogP contribution < -0.4 is 10.9 Å². The third-order valence-electron chi connectivity index (χ3n) is 4.58. The molecule has 29 heavy (non-hydrogen) atoms. The monoisotopic (exact) mass is 389 g/mol. The molecule has 9 heteroatoms. The lowest BCUT2D eigenvalue weighted by molar-refractivity contribution is -0.121. The van der Waals surface area contributed by atoms with E-state index >= 15 is 0 Å². The van der Waals surface area contributed by atoms with Crippen molar-refractivity contribution >= 4 is 22.7 Å². The highest BCUT2D eigenvalue weighted by Crippen LogP contribution is 2.19. The molecule has 3 N–H and O–H groups in total. The number of rotatable bonds is 6. The molecule has 0 saturated carbocycles. The first-order valence-corrected chi connectivity index (χ1v) is 9.18. The molecule has 0 unspecified atom stereocenters. The second-order valence-corrected chi connectivity index (χ2v) is 6.52. The van der Waals surface area contributed by atoms with Crippen molar-refractivity contribution in [1.29, 1.82) is 0 Å². The average Bonchev–Trinajstić information content (AvgIpc) is 3.43. The van der Waals surface area contributed by atoms with Crippen LogP contribution in [0.3, 0.4) is 0 Å². The van der Waals surface area contributed by atoms with E-state index in [0.29, 0.717) is 18.4 Å². The number of hydrazine groups is 1. The number of para-hydroxylation sites is 1. The lowest BCUT2D eigenvalue weighted by atomic mass is 10.1. The number of nitrogens with zero attached hydrogens (tertiary/aromatic N) is 4. The molecule has 2 amide bonds. The summed E-state index contributed by atoms with van der Waals surface area (Å²) < 4.78 is 1.48. The van der Waals surface area contributed by atoms with Crippen LogP contribution in [0.2, 0.25) is 0 Å². The van der Waals surface area contributed by atoms with E-state index < -0.39 is 5.91 Å². The number of amides is 2. The van der Waals surface area contributed by atoms with Crippen LogP contribution in [0.1, 0.15) is 28.8 Å². The Labute approximate surface area is 166 Å². The molecule has 0 saturated heterocycles. The van der Waals surface area contributed by atoms with Gasteiger partial charge in [0, 0.05) is 29.1 Å². The molecule has 9 nitrogen and oxygen atoms in total. The maximum Gasteiger partial charge on any atom is 0.269 e. The Balaban J connectivity index is 1.23. The molecule has 2 aromatic carbocycles. The molecule has 146 valence electrons. The molecule has 4 rings (SSSR count). The van der Waals surface area contributed by atoms with Crippen molar-refractivity contribution in [3.63, 3.8) is 0 Å². The third kappa shape index (κ3) is 4.29. The van der Waals surface area contributed by atoms with E-state index in [1.54, 1.807) is 24.3 Å². The van der Waals surface area contributed by atoms with Crippen molar-refractivity contribution in [3.05, 3.63) is 72.2 Å². The van der Waals surface area contributed by atoms with E-state index in [1.165, 1.54) is 22.0 Å². The van der Waals surface area contributed by atoms with E-state index in [1.807, 2.05) is 24.4 Å². The zero-order valence-electron chi connectivity index (χ0n) is 15.5. The van der Waals surface area contributed by atoms with Gasteiger partial charge in [-0.1, -0.05) is 18.2 Å². The summed E-state index contributed by atoms with van der Waals surface area (Å²) in [5.41, 5.74) is 8.31. The summed E-state index contributed by atoms with van der Waals surface area (Å²) in [5, 5.41) is 12.1. The summed E-state index contributed by atoms with van der Waals surface area (Å²) in [6.07, 6.45) is 5.22. The minimum Gasteiger partial charge on any atom is -0.361 e. The quantitative estimate of drug-likeness (QED) is 0.436. The van der Waals surface area contributed by atoms with Crippen molar-refractivity contribution in [2.45, 2.75) is 19.3 Å². The Kier molecular flexibility index (Phi) is 5.28. The fraction of sp³-hybridized carbons (Fsp3) is 0.150. The first-order valence-electron chi connectivity index (χ1n) is 9.18. The molecule has 0 atom stereocenters. The number of fused-ring (bicyclic) bond motifs is 1. The van der Waals surface area contributed by atoms with Crippen molar-refractivity contribution < 1.29 is 9.59 Å². The molecular formula is C20H19N7O2. The topological polar surface area (TPSA) is 118 Å². The maximum atomic E-state index is 12.2. The standard InChI is InChI=1S/C20H19N7O2/c28-19(7-3-4-15-12-21-18-6-2-1-5-17(15)18)23-24-20(29)14-8-10-16(11-9-14)27-13-22-25-26-27/h1-2,5-6,8-13,21H,3-4,7H2,(H,23,28)(H,24,29). The van der Waals surface area contributed by atoms with Gasteiger partial charge in [-0.25, -0.2) is 4.68 Å². The van der Waals surface area contributed by atoms with Gasteiger partial charge in [-0.15, -0.1) is 5.10 Å². The molecular weight excluding hydrogens is 370 g/mol. The van der Waals surface area contributed by atoms with Crippen molar-refractivity contribution in [2.24, 2.45) is 0 Å². The normalized spacial score (nSPS) is 10.8. The van der Waals surface area contributed by atoms with Crippen LogP contribution in [0.4, 0.5) is 0 Å². The SMILES string of the molecule is O=C(CCCc1c[nH]c2ccccc12)NNC(=O)c1ccc(-n2cnnn2)cc1. The van der Waals surface area contributed by atoms with Gasteiger partial charge in [-0.2, -0.15) is 0 Å². The summed E-state index contributed by atoms with van der Waals surface area (Å²) in [6, 6.07) is 14.8. The van der Waals surface area contributed by atoms with Gasteiger partial charge in [0.25, 0.3) is 5.91 Å². The number of hydrogen-bond acceptors (Lipinski definition) is 5. The van der Waals surface area contributed by atoms with Crippen LogP contribution in [0.25, 0.3) is 16.6 Å². The van der Waals surface area contributed by atoms with E-state index in [-0.39, 0.29) is 5.91 Å². The van der Waals surface area contributed by atoms with Crippen LogP contribution >= 0.6 is 0 Å². The summed E-state index contributed by atoms with van der Waals surface area (Å²) in [6.45, 7) is 0. The highest BCUT2D eigenvalue weighted by atomic mass is 16.2. The fourth-order valence-corrected chi connectivity index (χ4v) is 3.08. The predicted molar refractivity (Wildman–Crippen MR) is 106 cm³/mol. The Bertz CT molecular complexity index is 1120. The first kappa shape index (κ1) is 18.4. The first-order chi connectivity index (χ1) is 14.2. The summed E-state index contributed by atoms with van der Waals surface area (Å²) in [5.74, 6) is -0.623. The van der Waals surface area contributed by atoms with Gasteiger partial charge < -0.3 is 4.98 Å². The van der Waals surface area contributed by atoms with E-state index in [9.17, 15) is 9.59 Å². The second kappa shape index (κ2) is 8.34. The summed E-state index contributed by atoms with van der Waals surface area (Å²) in [7, 11) is 0. The van der Waals surface area contributed by atoms with Crippen LogP contribution in [0.15, 0.2) is 61.1 Å². The number of aromatic amines is 1. The van der Waals surface area contributed by atoms with Crippen molar-refractivity contribution in [3.8, 4) is 5.69 Å². The largest absolute Gasteiger partial charge is 0.361 e. The number of nitrogens with one attached hydrogen (secondary N) is 3. The Hall–Kier alpha value is -4.01. The number of aromatic nitrogens is 5.